The Morgan fingerprint density at radius 3 is 2.15 bits per heavy atom. The molecule has 2 nitrogen and oxygen atoms in total. The highest BCUT2D eigenvalue weighted by molar-refractivity contribution is 5.99. The van der Waals surface area contributed by atoms with Gasteiger partial charge in [0.25, 0.3) is 0 Å². The normalized spacial score (nSPS) is 10.9. The standard InChI is InChI=1S/C18H16O2/c19-11-15-10-14-8-4-5-9-16(14)18(17(15)12-20)13-6-2-1-3-7-13/h1-10,19-20H,11-12H2. The first-order valence-corrected chi connectivity index (χ1v) is 6.65. The average Bonchev–Trinajstić information content (AvgIpc) is 2.53. The van der Waals surface area contributed by atoms with E-state index in [4.69, 9.17) is 0 Å². The molecule has 3 rings (SSSR count). The molecule has 0 amide bonds. The molecule has 0 aliphatic carbocycles. The molecule has 0 fully saturated rings. The smallest absolute Gasteiger partial charge is 0.0691 e. The van der Waals surface area contributed by atoms with Crippen LogP contribution in [0.5, 0.6) is 0 Å². The topological polar surface area (TPSA) is 40.5 Å². The van der Waals surface area contributed by atoms with Crippen molar-refractivity contribution in [2.24, 2.45) is 0 Å². The summed E-state index contributed by atoms with van der Waals surface area (Å²) in [6, 6.07) is 20.0. The summed E-state index contributed by atoms with van der Waals surface area (Å²) < 4.78 is 0. The Morgan fingerprint density at radius 1 is 0.750 bits per heavy atom. The Labute approximate surface area is 117 Å². The van der Waals surface area contributed by atoms with Crippen LogP contribution in [0.3, 0.4) is 0 Å². The van der Waals surface area contributed by atoms with E-state index in [1.54, 1.807) is 0 Å². The molecule has 0 unspecified atom stereocenters. The van der Waals surface area contributed by atoms with Gasteiger partial charge in [0, 0.05) is 0 Å². The van der Waals surface area contributed by atoms with E-state index in [0.29, 0.717) is 0 Å². The summed E-state index contributed by atoms with van der Waals surface area (Å²) >= 11 is 0. The third-order valence-electron chi connectivity index (χ3n) is 3.64. The fraction of sp³-hybridized carbons (Fsp3) is 0.111. The lowest BCUT2D eigenvalue weighted by atomic mass is 9.90. The van der Waals surface area contributed by atoms with Crippen molar-refractivity contribution in [3.8, 4) is 11.1 Å². The molecule has 3 aromatic carbocycles. The van der Waals surface area contributed by atoms with Gasteiger partial charge in [-0.05, 0) is 39.1 Å². The van der Waals surface area contributed by atoms with Gasteiger partial charge in [0.05, 0.1) is 13.2 Å². The minimum absolute atomic E-state index is 0.0689. The van der Waals surface area contributed by atoms with E-state index >= 15 is 0 Å². The van der Waals surface area contributed by atoms with Crippen LogP contribution in [0.15, 0.2) is 60.7 Å². The van der Waals surface area contributed by atoms with E-state index in [1.165, 1.54) is 0 Å². The minimum Gasteiger partial charge on any atom is -0.392 e. The van der Waals surface area contributed by atoms with Gasteiger partial charge in [-0.1, -0.05) is 54.6 Å². The van der Waals surface area contributed by atoms with Crippen molar-refractivity contribution < 1.29 is 10.2 Å². The highest BCUT2D eigenvalue weighted by atomic mass is 16.3. The maximum atomic E-state index is 9.74. The van der Waals surface area contributed by atoms with Gasteiger partial charge < -0.3 is 10.2 Å². The Bertz CT molecular complexity index is 733. The number of hydrogen-bond acceptors (Lipinski definition) is 2. The van der Waals surface area contributed by atoms with Gasteiger partial charge >= 0.3 is 0 Å². The Kier molecular flexibility index (Phi) is 3.50. The van der Waals surface area contributed by atoms with Crippen molar-refractivity contribution in [2.45, 2.75) is 13.2 Å². The molecule has 2 heteroatoms. The highest BCUT2D eigenvalue weighted by Gasteiger charge is 2.13. The molecule has 20 heavy (non-hydrogen) atoms. The van der Waals surface area contributed by atoms with E-state index in [9.17, 15) is 10.2 Å². The SMILES string of the molecule is OCc1cc2ccccc2c(-c2ccccc2)c1CO. The highest BCUT2D eigenvalue weighted by Crippen LogP contribution is 2.34. The van der Waals surface area contributed by atoms with Gasteiger partial charge in [-0.3, -0.25) is 0 Å². The van der Waals surface area contributed by atoms with Crippen molar-refractivity contribution >= 4 is 10.8 Å². The molecular formula is C18H16O2. The average molecular weight is 264 g/mol. The van der Waals surface area contributed by atoms with Crippen molar-refractivity contribution in [2.75, 3.05) is 0 Å². The second-order valence-corrected chi connectivity index (χ2v) is 4.79. The second-order valence-electron chi connectivity index (χ2n) is 4.79. The number of fused-ring (bicyclic) bond motifs is 1. The van der Waals surface area contributed by atoms with Gasteiger partial charge in [0.15, 0.2) is 0 Å². The molecule has 0 bridgehead atoms. The van der Waals surface area contributed by atoms with E-state index in [1.807, 2.05) is 54.6 Å². The van der Waals surface area contributed by atoms with Crippen LogP contribution >= 0.6 is 0 Å². The summed E-state index contributed by atoms with van der Waals surface area (Å²) in [6.45, 7) is -0.147. The maximum Gasteiger partial charge on any atom is 0.0691 e. The molecular weight excluding hydrogens is 248 g/mol. The number of aliphatic hydroxyl groups excluding tert-OH is 2. The molecule has 0 aliphatic heterocycles. The predicted octanol–water partition coefficient (Wildman–Crippen LogP) is 3.49. The molecule has 3 aromatic rings. The first kappa shape index (κ1) is 12.9. The van der Waals surface area contributed by atoms with Crippen LogP contribution in [0.4, 0.5) is 0 Å². The quantitative estimate of drug-likeness (QED) is 0.760. The van der Waals surface area contributed by atoms with Crippen LogP contribution in [-0.4, -0.2) is 10.2 Å². The first-order valence-electron chi connectivity index (χ1n) is 6.65. The predicted molar refractivity (Wildman–Crippen MR) is 81.2 cm³/mol. The second kappa shape index (κ2) is 5.45. The third kappa shape index (κ3) is 2.09. The Morgan fingerprint density at radius 2 is 1.45 bits per heavy atom. The van der Waals surface area contributed by atoms with Crippen LogP contribution in [0.1, 0.15) is 11.1 Å². The van der Waals surface area contributed by atoms with Gasteiger partial charge in [0.1, 0.15) is 0 Å². The molecule has 0 saturated carbocycles. The van der Waals surface area contributed by atoms with Gasteiger partial charge in [-0.2, -0.15) is 0 Å². The van der Waals surface area contributed by atoms with E-state index in [-0.39, 0.29) is 13.2 Å². The third-order valence-corrected chi connectivity index (χ3v) is 3.64. The van der Waals surface area contributed by atoms with Gasteiger partial charge in [0.2, 0.25) is 0 Å². The molecule has 0 heterocycles. The fourth-order valence-electron chi connectivity index (χ4n) is 2.70. The van der Waals surface area contributed by atoms with Crippen molar-refractivity contribution in [1.82, 2.24) is 0 Å². The van der Waals surface area contributed by atoms with Crippen LogP contribution in [-0.2, 0) is 13.2 Å². The van der Waals surface area contributed by atoms with Crippen LogP contribution in [0, 0.1) is 0 Å². The van der Waals surface area contributed by atoms with Crippen LogP contribution in [0.2, 0.25) is 0 Å². The first-order chi connectivity index (χ1) is 9.85. The van der Waals surface area contributed by atoms with Gasteiger partial charge in [-0.15, -0.1) is 0 Å². The van der Waals surface area contributed by atoms with Crippen molar-refractivity contribution in [1.29, 1.82) is 0 Å². The van der Waals surface area contributed by atoms with Crippen LogP contribution < -0.4 is 0 Å². The summed E-state index contributed by atoms with van der Waals surface area (Å²) in [7, 11) is 0. The van der Waals surface area contributed by atoms with Crippen LogP contribution in [0.25, 0.3) is 21.9 Å². The molecule has 0 radical (unpaired) electrons. The zero-order chi connectivity index (χ0) is 13.9. The lowest BCUT2D eigenvalue weighted by Gasteiger charge is -2.16. The summed E-state index contributed by atoms with van der Waals surface area (Å²) in [4.78, 5) is 0. The maximum absolute atomic E-state index is 9.74. The summed E-state index contributed by atoms with van der Waals surface area (Å²) in [5.74, 6) is 0. The van der Waals surface area contributed by atoms with Crippen molar-refractivity contribution in [3.63, 3.8) is 0 Å². The molecule has 0 saturated heterocycles. The largest absolute Gasteiger partial charge is 0.392 e. The van der Waals surface area contributed by atoms with Crippen molar-refractivity contribution in [3.05, 3.63) is 71.8 Å². The summed E-state index contributed by atoms with van der Waals surface area (Å²) in [5, 5.41) is 21.5. The monoisotopic (exact) mass is 264 g/mol. The molecule has 100 valence electrons. The number of aliphatic hydroxyl groups is 2. The number of hydrogen-bond donors (Lipinski definition) is 2. The Balaban J connectivity index is 2.43. The minimum atomic E-state index is -0.0784. The number of benzene rings is 3. The van der Waals surface area contributed by atoms with Gasteiger partial charge in [-0.25, -0.2) is 0 Å². The molecule has 0 aliphatic rings. The van der Waals surface area contributed by atoms with E-state index < -0.39 is 0 Å². The lowest BCUT2D eigenvalue weighted by Crippen LogP contribution is -1.99. The molecule has 2 N–H and O–H groups in total. The zero-order valence-electron chi connectivity index (χ0n) is 11.1. The van der Waals surface area contributed by atoms with E-state index in [2.05, 4.69) is 6.07 Å². The Hall–Kier alpha value is -2.16. The molecule has 0 aromatic heterocycles. The zero-order valence-corrected chi connectivity index (χ0v) is 11.1. The molecule has 0 spiro atoms. The molecule has 0 atom stereocenters. The summed E-state index contributed by atoms with van der Waals surface area (Å²) in [5.41, 5.74) is 3.65. The fourth-order valence-corrected chi connectivity index (χ4v) is 2.70. The summed E-state index contributed by atoms with van der Waals surface area (Å²) in [6.07, 6.45) is 0. The number of rotatable bonds is 3. The lowest BCUT2D eigenvalue weighted by molar-refractivity contribution is 0.260. The van der Waals surface area contributed by atoms with E-state index in [0.717, 1.165) is 33.0 Å².